The van der Waals surface area contributed by atoms with Crippen molar-refractivity contribution in [1.82, 2.24) is 0 Å². The molecule has 1 heterocycles. The summed E-state index contributed by atoms with van der Waals surface area (Å²) in [5.74, 6) is -0.0998. The van der Waals surface area contributed by atoms with Crippen LogP contribution in [0.5, 0.6) is 0 Å². The highest BCUT2D eigenvalue weighted by Gasteiger charge is 2.14. The number of benzene rings is 1. The molecule has 2 aromatic rings. The Morgan fingerprint density at radius 3 is 2.50 bits per heavy atom. The molecule has 0 fully saturated rings. The number of rotatable bonds is 3. The van der Waals surface area contributed by atoms with Crippen molar-refractivity contribution in [1.29, 1.82) is 0 Å². The third-order valence-corrected chi connectivity index (χ3v) is 4.18. The van der Waals surface area contributed by atoms with Crippen molar-refractivity contribution in [2.45, 2.75) is 13.8 Å². The van der Waals surface area contributed by atoms with E-state index in [9.17, 15) is 4.79 Å². The van der Waals surface area contributed by atoms with Crippen LogP contribution >= 0.6 is 22.9 Å². The second kappa shape index (κ2) is 5.85. The van der Waals surface area contributed by atoms with Crippen molar-refractivity contribution in [3.8, 4) is 0 Å². The van der Waals surface area contributed by atoms with Gasteiger partial charge in [-0.3, -0.25) is 4.79 Å². The van der Waals surface area contributed by atoms with Gasteiger partial charge in [-0.2, -0.15) is 0 Å². The minimum absolute atomic E-state index is 0.0998. The van der Waals surface area contributed by atoms with E-state index in [0.717, 1.165) is 26.7 Å². The number of halogens is 1. The molecule has 106 valence electrons. The highest BCUT2D eigenvalue weighted by atomic mass is 35.5. The quantitative estimate of drug-likeness (QED) is 0.915. The Labute approximate surface area is 128 Å². The van der Waals surface area contributed by atoms with E-state index < -0.39 is 0 Å². The summed E-state index contributed by atoms with van der Waals surface area (Å²) in [6, 6.07) is 7.38. The van der Waals surface area contributed by atoms with Crippen LogP contribution < -0.4 is 10.2 Å². The molecule has 1 aromatic carbocycles. The summed E-state index contributed by atoms with van der Waals surface area (Å²) in [5, 5.41) is 3.55. The van der Waals surface area contributed by atoms with Crippen LogP contribution in [0.25, 0.3) is 0 Å². The van der Waals surface area contributed by atoms with E-state index in [1.165, 1.54) is 0 Å². The standard InChI is InChI=1S/C15H17ClN2OS/c1-9-7-12(10(2)20-9)15(19)17-13-8-11(16)5-6-14(13)18(3)4/h5-8H,1-4H3,(H,17,19). The molecular weight excluding hydrogens is 292 g/mol. The molecule has 0 aliphatic rings. The highest BCUT2D eigenvalue weighted by molar-refractivity contribution is 7.12. The van der Waals surface area contributed by atoms with E-state index in [4.69, 9.17) is 11.6 Å². The van der Waals surface area contributed by atoms with Crippen LogP contribution in [0, 0.1) is 13.8 Å². The van der Waals surface area contributed by atoms with Crippen molar-refractivity contribution in [2.75, 3.05) is 24.3 Å². The summed E-state index contributed by atoms with van der Waals surface area (Å²) in [5.41, 5.74) is 2.36. The van der Waals surface area contributed by atoms with Gasteiger partial charge in [0.2, 0.25) is 0 Å². The van der Waals surface area contributed by atoms with Crippen molar-refractivity contribution in [3.63, 3.8) is 0 Å². The number of hydrogen-bond acceptors (Lipinski definition) is 3. The molecule has 0 unspecified atom stereocenters. The molecule has 0 bridgehead atoms. The lowest BCUT2D eigenvalue weighted by Crippen LogP contribution is -2.16. The van der Waals surface area contributed by atoms with Crippen LogP contribution in [-0.2, 0) is 0 Å². The molecule has 3 nitrogen and oxygen atoms in total. The van der Waals surface area contributed by atoms with Crippen molar-refractivity contribution in [3.05, 3.63) is 44.6 Å². The minimum Gasteiger partial charge on any atom is -0.376 e. The van der Waals surface area contributed by atoms with E-state index in [-0.39, 0.29) is 5.91 Å². The molecule has 0 aliphatic heterocycles. The lowest BCUT2D eigenvalue weighted by molar-refractivity contribution is 0.102. The van der Waals surface area contributed by atoms with Gasteiger partial charge in [0.15, 0.2) is 0 Å². The SMILES string of the molecule is Cc1cc(C(=O)Nc2cc(Cl)ccc2N(C)C)c(C)s1. The Balaban J connectivity index is 2.32. The van der Waals surface area contributed by atoms with Gasteiger partial charge >= 0.3 is 0 Å². The molecule has 0 atom stereocenters. The first-order valence-corrected chi connectivity index (χ1v) is 7.43. The molecule has 1 N–H and O–H groups in total. The zero-order valence-electron chi connectivity index (χ0n) is 12.0. The molecule has 2 rings (SSSR count). The van der Waals surface area contributed by atoms with E-state index in [0.29, 0.717) is 5.02 Å². The Hall–Kier alpha value is -1.52. The summed E-state index contributed by atoms with van der Waals surface area (Å²) >= 11 is 7.64. The van der Waals surface area contributed by atoms with Crippen LogP contribution in [0.4, 0.5) is 11.4 Å². The zero-order valence-corrected chi connectivity index (χ0v) is 13.5. The summed E-state index contributed by atoms with van der Waals surface area (Å²) in [4.78, 5) is 16.5. The van der Waals surface area contributed by atoms with Gasteiger partial charge in [-0.15, -0.1) is 11.3 Å². The first-order chi connectivity index (χ1) is 9.38. The molecule has 0 radical (unpaired) electrons. The summed E-state index contributed by atoms with van der Waals surface area (Å²) in [7, 11) is 3.86. The molecule has 1 aromatic heterocycles. The Kier molecular flexibility index (Phi) is 4.35. The number of nitrogens with zero attached hydrogens (tertiary/aromatic N) is 1. The fourth-order valence-corrected chi connectivity index (χ4v) is 3.14. The van der Waals surface area contributed by atoms with Gasteiger partial charge in [-0.05, 0) is 38.1 Å². The Morgan fingerprint density at radius 1 is 1.25 bits per heavy atom. The van der Waals surface area contributed by atoms with Gasteiger partial charge in [0, 0.05) is 28.9 Å². The predicted molar refractivity (Wildman–Crippen MR) is 87.5 cm³/mol. The zero-order chi connectivity index (χ0) is 14.9. The second-order valence-corrected chi connectivity index (χ2v) is 6.73. The van der Waals surface area contributed by atoms with Crippen molar-refractivity contribution >= 4 is 40.2 Å². The number of nitrogens with one attached hydrogen (secondary N) is 1. The van der Waals surface area contributed by atoms with E-state index in [1.807, 2.05) is 51.0 Å². The number of thiophene rings is 1. The molecule has 0 spiro atoms. The molecule has 1 amide bonds. The summed E-state index contributed by atoms with van der Waals surface area (Å²) in [6.07, 6.45) is 0. The normalized spacial score (nSPS) is 10.4. The van der Waals surface area contributed by atoms with Gasteiger partial charge in [-0.25, -0.2) is 0 Å². The highest BCUT2D eigenvalue weighted by Crippen LogP contribution is 2.29. The number of anilines is 2. The van der Waals surface area contributed by atoms with Crippen LogP contribution in [0.2, 0.25) is 5.02 Å². The van der Waals surface area contributed by atoms with E-state index in [2.05, 4.69) is 5.32 Å². The minimum atomic E-state index is -0.0998. The summed E-state index contributed by atoms with van der Waals surface area (Å²) in [6.45, 7) is 3.95. The topological polar surface area (TPSA) is 32.3 Å². The molecule has 0 saturated carbocycles. The second-order valence-electron chi connectivity index (χ2n) is 4.84. The smallest absolute Gasteiger partial charge is 0.256 e. The Bertz CT molecular complexity index is 649. The molecule has 20 heavy (non-hydrogen) atoms. The number of carbonyl (C=O) groups is 1. The number of amides is 1. The van der Waals surface area contributed by atoms with Crippen LogP contribution in [-0.4, -0.2) is 20.0 Å². The van der Waals surface area contributed by atoms with Crippen LogP contribution in [0.3, 0.4) is 0 Å². The van der Waals surface area contributed by atoms with Gasteiger partial charge in [0.25, 0.3) is 5.91 Å². The number of aryl methyl sites for hydroxylation is 2. The first kappa shape index (κ1) is 14.9. The maximum Gasteiger partial charge on any atom is 0.256 e. The number of hydrogen-bond donors (Lipinski definition) is 1. The fourth-order valence-electron chi connectivity index (χ4n) is 2.04. The monoisotopic (exact) mass is 308 g/mol. The van der Waals surface area contributed by atoms with Crippen LogP contribution in [0.15, 0.2) is 24.3 Å². The van der Waals surface area contributed by atoms with Crippen LogP contribution in [0.1, 0.15) is 20.1 Å². The van der Waals surface area contributed by atoms with Gasteiger partial charge in [0.05, 0.1) is 16.9 Å². The van der Waals surface area contributed by atoms with E-state index >= 15 is 0 Å². The van der Waals surface area contributed by atoms with Crippen molar-refractivity contribution < 1.29 is 4.79 Å². The maximum atomic E-state index is 12.4. The third-order valence-electron chi connectivity index (χ3n) is 2.97. The van der Waals surface area contributed by atoms with Crippen molar-refractivity contribution in [2.24, 2.45) is 0 Å². The fraction of sp³-hybridized carbons (Fsp3) is 0.267. The molecule has 0 saturated heterocycles. The third kappa shape index (κ3) is 3.14. The predicted octanol–water partition coefficient (Wildman–Crippen LogP) is 4.34. The maximum absolute atomic E-state index is 12.4. The molecular formula is C15H17ClN2OS. The largest absolute Gasteiger partial charge is 0.376 e. The van der Waals surface area contributed by atoms with Gasteiger partial charge in [-0.1, -0.05) is 11.6 Å². The summed E-state index contributed by atoms with van der Waals surface area (Å²) < 4.78 is 0. The molecule has 5 heteroatoms. The Morgan fingerprint density at radius 2 is 1.95 bits per heavy atom. The molecule has 0 aliphatic carbocycles. The van der Waals surface area contributed by atoms with Gasteiger partial charge < -0.3 is 10.2 Å². The average molecular weight is 309 g/mol. The van der Waals surface area contributed by atoms with Gasteiger partial charge in [0.1, 0.15) is 0 Å². The average Bonchev–Trinajstić information content (AvgIpc) is 2.68. The number of carbonyl (C=O) groups excluding carboxylic acids is 1. The first-order valence-electron chi connectivity index (χ1n) is 6.23. The van der Waals surface area contributed by atoms with E-state index in [1.54, 1.807) is 17.4 Å². The lowest BCUT2D eigenvalue weighted by atomic mass is 10.2. The lowest BCUT2D eigenvalue weighted by Gasteiger charge is -2.18.